The van der Waals surface area contributed by atoms with Crippen molar-refractivity contribution >= 4 is 22.6 Å². The molecule has 158 valence electrons. The monoisotopic (exact) mass is 419 g/mol. The highest BCUT2D eigenvalue weighted by atomic mass is 16.5. The summed E-state index contributed by atoms with van der Waals surface area (Å²) in [6.45, 7) is 1.86. The zero-order valence-corrected chi connectivity index (χ0v) is 17.4. The largest absolute Gasteiger partial charge is 0.497 e. The fourth-order valence-corrected chi connectivity index (χ4v) is 3.46. The van der Waals surface area contributed by atoms with Crippen molar-refractivity contribution in [3.63, 3.8) is 0 Å². The molecule has 4 rings (SSSR count). The van der Waals surface area contributed by atoms with Gasteiger partial charge in [0.2, 0.25) is 5.91 Å². The van der Waals surface area contributed by atoms with Crippen molar-refractivity contribution in [1.29, 1.82) is 0 Å². The lowest BCUT2D eigenvalue weighted by molar-refractivity contribution is -0.116. The normalized spacial score (nSPS) is 10.9. The van der Waals surface area contributed by atoms with E-state index in [-0.39, 0.29) is 18.7 Å². The summed E-state index contributed by atoms with van der Waals surface area (Å²) in [6, 6.07) is 12.6. The average Bonchev–Trinajstić information content (AvgIpc) is 3.19. The number of tetrazole rings is 1. The van der Waals surface area contributed by atoms with Crippen molar-refractivity contribution in [3.8, 4) is 17.1 Å². The van der Waals surface area contributed by atoms with Crippen molar-refractivity contribution in [2.45, 2.75) is 19.8 Å². The maximum Gasteiger partial charge on any atom is 0.339 e. The predicted octanol–water partition coefficient (Wildman–Crippen LogP) is 2.87. The number of nitrogens with zero attached hydrogens (tertiary/aromatic N) is 4. The number of carbonyl (C=O) groups excluding carboxylic acids is 1. The highest BCUT2D eigenvalue weighted by molar-refractivity contribution is 5.91. The van der Waals surface area contributed by atoms with Gasteiger partial charge in [-0.3, -0.25) is 4.79 Å². The zero-order chi connectivity index (χ0) is 22.0. The smallest absolute Gasteiger partial charge is 0.339 e. The van der Waals surface area contributed by atoms with E-state index in [2.05, 4.69) is 20.8 Å². The van der Waals surface area contributed by atoms with Gasteiger partial charge in [-0.25, -0.2) is 9.48 Å². The molecule has 0 aliphatic rings. The Morgan fingerprint density at radius 2 is 2.06 bits per heavy atom. The zero-order valence-electron chi connectivity index (χ0n) is 17.4. The Labute approximate surface area is 177 Å². The standard InChI is InChI=1S/C22H21N5O4/c1-13-17-8-7-16(30-3)12-19(17)31-22(29)18(13)9-10-20(28)23-15-6-4-5-14(11-15)21-24-25-26-27(21)2/h4-8,11-12H,9-10H2,1-3H3,(H,23,28). The number of hydrogen-bond donors (Lipinski definition) is 1. The first-order valence-corrected chi connectivity index (χ1v) is 9.69. The molecule has 9 nitrogen and oxygen atoms in total. The third-order valence-corrected chi connectivity index (χ3v) is 5.12. The maximum absolute atomic E-state index is 12.5. The number of hydrogen-bond acceptors (Lipinski definition) is 7. The van der Waals surface area contributed by atoms with Crippen LogP contribution < -0.4 is 15.7 Å². The summed E-state index contributed by atoms with van der Waals surface area (Å²) in [6.07, 6.45) is 0.415. The van der Waals surface area contributed by atoms with Crippen LogP contribution in [0.5, 0.6) is 5.75 Å². The van der Waals surface area contributed by atoms with Gasteiger partial charge in [0, 0.05) is 41.7 Å². The molecular formula is C22H21N5O4. The summed E-state index contributed by atoms with van der Waals surface area (Å²) in [4.78, 5) is 25.0. The molecule has 0 bridgehead atoms. The molecule has 9 heteroatoms. The second-order valence-electron chi connectivity index (χ2n) is 7.11. The molecule has 0 saturated carbocycles. The summed E-state index contributed by atoms with van der Waals surface area (Å²) < 4.78 is 12.2. The summed E-state index contributed by atoms with van der Waals surface area (Å²) in [5.41, 5.74) is 2.73. The molecule has 0 radical (unpaired) electrons. The third kappa shape index (κ3) is 4.16. The van der Waals surface area contributed by atoms with Crippen LogP contribution in [0.25, 0.3) is 22.4 Å². The van der Waals surface area contributed by atoms with E-state index in [9.17, 15) is 9.59 Å². The van der Waals surface area contributed by atoms with Gasteiger partial charge in [-0.15, -0.1) is 5.10 Å². The van der Waals surface area contributed by atoms with E-state index >= 15 is 0 Å². The summed E-state index contributed by atoms with van der Waals surface area (Å²) in [5.74, 6) is 1.00. The number of amides is 1. The molecule has 2 aromatic heterocycles. The van der Waals surface area contributed by atoms with Gasteiger partial charge < -0.3 is 14.5 Å². The molecule has 0 fully saturated rings. The number of fused-ring (bicyclic) bond motifs is 1. The van der Waals surface area contributed by atoms with Crippen LogP contribution in [0, 0.1) is 6.92 Å². The minimum Gasteiger partial charge on any atom is -0.497 e. The average molecular weight is 419 g/mol. The van der Waals surface area contributed by atoms with Crippen LogP contribution >= 0.6 is 0 Å². The second-order valence-corrected chi connectivity index (χ2v) is 7.11. The number of ether oxygens (including phenoxy) is 1. The van der Waals surface area contributed by atoms with Crippen LogP contribution in [-0.4, -0.2) is 33.2 Å². The first kappa shape index (κ1) is 20.3. The van der Waals surface area contributed by atoms with E-state index in [1.54, 1.807) is 37.0 Å². The van der Waals surface area contributed by atoms with Crippen LogP contribution in [0.4, 0.5) is 5.69 Å². The molecule has 0 aliphatic carbocycles. The Morgan fingerprint density at radius 3 is 2.81 bits per heavy atom. The Balaban J connectivity index is 1.49. The van der Waals surface area contributed by atoms with Gasteiger partial charge in [-0.05, 0) is 53.6 Å². The number of anilines is 1. The van der Waals surface area contributed by atoms with E-state index in [1.165, 1.54) is 0 Å². The van der Waals surface area contributed by atoms with E-state index in [0.717, 1.165) is 16.5 Å². The third-order valence-electron chi connectivity index (χ3n) is 5.12. The van der Waals surface area contributed by atoms with Crippen LogP contribution in [0.1, 0.15) is 17.5 Å². The minimum atomic E-state index is -0.442. The van der Waals surface area contributed by atoms with E-state index in [4.69, 9.17) is 9.15 Å². The molecule has 0 spiro atoms. The molecular weight excluding hydrogens is 398 g/mol. The number of aryl methyl sites for hydroxylation is 2. The van der Waals surface area contributed by atoms with Gasteiger partial charge in [0.1, 0.15) is 11.3 Å². The Bertz CT molecular complexity index is 1330. The van der Waals surface area contributed by atoms with Crippen LogP contribution in [0.3, 0.4) is 0 Å². The molecule has 4 aromatic rings. The van der Waals surface area contributed by atoms with Crippen molar-refractivity contribution in [1.82, 2.24) is 20.2 Å². The molecule has 2 aromatic carbocycles. The molecule has 31 heavy (non-hydrogen) atoms. The lowest BCUT2D eigenvalue weighted by Crippen LogP contribution is -2.16. The fourth-order valence-electron chi connectivity index (χ4n) is 3.46. The minimum absolute atomic E-state index is 0.142. The van der Waals surface area contributed by atoms with Gasteiger partial charge in [0.25, 0.3) is 0 Å². The second kappa shape index (κ2) is 8.39. The first-order chi connectivity index (χ1) is 15.0. The molecule has 0 saturated heterocycles. The lowest BCUT2D eigenvalue weighted by Gasteiger charge is -2.10. The molecule has 2 heterocycles. The van der Waals surface area contributed by atoms with Crippen LogP contribution in [0.15, 0.2) is 51.7 Å². The molecule has 1 N–H and O–H groups in total. The van der Waals surface area contributed by atoms with E-state index in [0.29, 0.717) is 28.4 Å². The number of carbonyl (C=O) groups is 1. The molecule has 0 atom stereocenters. The van der Waals surface area contributed by atoms with Crippen molar-refractivity contribution in [2.75, 3.05) is 12.4 Å². The van der Waals surface area contributed by atoms with Crippen LogP contribution in [0.2, 0.25) is 0 Å². The number of methoxy groups -OCH3 is 1. The quantitative estimate of drug-likeness (QED) is 0.478. The predicted molar refractivity (Wildman–Crippen MR) is 115 cm³/mol. The summed E-state index contributed by atoms with van der Waals surface area (Å²) in [7, 11) is 3.30. The topological polar surface area (TPSA) is 112 Å². The molecule has 0 aliphatic heterocycles. The van der Waals surface area contributed by atoms with Gasteiger partial charge >= 0.3 is 5.63 Å². The number of rotatable bonds is 6. The summed E-state index contributed by atoms with van der Waals surface area (Å²) >= 11 is 0. The Hall–Kier alpha value is -4.01. The van der Waals surface area contributed by atoms with Crippen molar-refractivity contribution in [3.05, 3.63) is 64.0 Å². The van der Waals surface area contributed by atoms with Gasteiger partial charge in [-0.1, -0.05) is 12.1 Å². The van der Waals surface area contributed by atoms with Gasteiger partial charge in [0.05, 0.1) is 7.11 Å². The fraction of sp³-hybridized carbons (Fsp3) is 0.227. The number of benzene rings is 2. The first-order valence-electron chi connectivity index (χ1n) is 9.69. The Morgan fingerprint density at radius 1 is 1.23 bits per heavy atom. The Kier molecular flexibility index (Phi) is 5.48. The summed E-state index contributed by atoms with van der Waals surface area (Å²) in [5, 5.41) is 15.1. The number of nitrogens with one attached hydrogen (secondary N) is 1. The van der Waals surface area contributed by atoms with Gasteiger partial charge in [-0.2, -0.15) is 0 Å². The molecule has 0 unspecified atom stereocenters. The van der Waals surface area contributed by atoms with E-state index in [1.807, 2.05) is 31.2 Å². The SMILES string of the molecule is COc1ccc2c(C)c(CCC(=O)Nc3cccc(-c4nnnn4C)c3)c(=O)oc2c1. The highest BCUT2D eigenvalue weighted by Crippen LogP contribution is 2.25. The van der Waals surface area contributed by atoms with Crippen LogP contribution in [-0.2, 0) is 18.3 Å². The van der Waals surface area contributed by atoms with E-state index < -0.39 is 5.63 Å². The molecule has 1 amide bonds. The maximum atomic E-state index is 12.5. The van der Waals surface area contributed by atoms with Gasteiger partial charge in [0.15, 0.2) is 5.82 Å². The lowest BCUT2D eigenvalue weighted by atomic mass is 10.0. The highest BCUT2D eigenvalue weighted by Gasteiger charge is 2.14. The van der Waals surface area contributed by atoms with Crippen molar-refractivity contribution in [2.24, 2.45) is 7.05 Å². The van der Waals surface area contributed by atoms with Crippen molar-refractivity contribution < 1.29 is 13.9 Å². The number of aromatic nitrogens is 4.